The first-order valence-electron chi connectivity index (χ1n) is 5.22. The second kappa shape index (κ2) is 2.92. The fourth-order valence-corrected chi connectivity index (χ4v) is 2.18. The Hall–Kier alpha value is -1.64. The van der Waals surface area contributed by atoms with Crippen LogP contribution in [0.2, 0.25) is 0 Å². The average molecular weight is 199 g/mol. The molecule has 15 heavy (non-hydrogen) atoms. The van der Waals surface area contributed by atoms with Crippen LogP contribution in [0.25, 0.3) is 0 Å². The molecule has 2 heterocycles. The zero-order valence-electron chi connectivity index (χ0n) is 8.96. The normalized spacial score (nSPS) is 13.5. The summed E-state index contributed by atoms with van der Waals surface area (Å²) in [5.41, 5.74) is 6.03. The van der Waals surface area contributed by atoms with E-state index in [0.29, 0.717) is 0 Å². The van der Waals surface area contributed by atoms with Crippen LogP contribution >= 0.6 is 0 Å². The maximum atomic E-state index is 4.57. The predicted octanol–water partition coefficient (Wildman–Crippen LogP) is 1.92. The third kappa shape index (κ3) is 1.35. The number of pyridine rings is 1. The summed E-state index contributed by atoms with van der Waals surface area (Å²) in [6.45, 7) is 4.04. The second-order valence-corrected chi connectivity index (χ2v) is 4.16. The van der Waals surface area contributed by atoms with E-state index >= 15 is 0 Å². The van der Waals surface area contributed by atoms with Crippen molar-refractivity contribution in [2.45, 2.75) is 26.7 Å². The van der Waals surface area contributed by atoms with Crippen LogP contribution in [0.15, 0.2) is 12.1 Å². The average Bonchev–Trinajstić information content (AvgIpc) is 2.53. The number of fused-ring (bicyclic) bond motifs is 2. The highest BCUT2D eigenvalue weighted by atomic mass is 14.9. The summed E-state index contributed by atoms with van der Waals surface area (Å²) in [6, 6.07) is 4.24. The van der Waals surface area contributed by atoms with Gasteiger partial charge in [0.05, 0.1) is 11.4 Å². The monoisotopic (exact) mass is 199 g/mol. The predicted molar refractivity (Wildman–Crippen MR) is 57.9 cm³/mol. The van der Waals surface area contributed by atoms with Crippen LogP contribution in [0.5, 0.6) is 0 Å². The molecule has 0 saturated carbocycles. The van der Waals surface area contributed by atoms with E-state index < -0.39 is 0 Å². The number of rotatable bonds is 0. The van der Waals surface area contributed by atoms with Crippen LogP contribution in [0, 0.1) is 13.8 Å². The molecule has 76 valence electrons. The molecule has 0 atom stereocenters. The Morgan fingerprint density at radius 1 is 1.07 bits per heavy atom. The Morgan fingerprint density at radius 3 is 2.80 bits per heavy atom. The molecule has 0 unspecified atom stereocenters. The molecule has 1 aliphatic rings. The molecule has 2 aromatic rings. The SMILES string of the molecule is Cc1ccc2c(n1)Cc1[nH]c(C)nc1C2. The zero-order valence-corrected chi connectivity index (χ0v) is 8.96. The van der Waals surface area contributed by atoms with Gasteiger partial charge in [0.25, 0.3) is 0 Å². The number of H-pyrrole nitrogens is 1. The lowest BCUT2D eigenvalue weighted by Gasteiger charge is -2.14. The highest BCUT2D eigenvalue weighted by Gasteiger charge is 2.19. The summed E-state index contributed by atoms with van der Waals surface area (Å²) >= 11 is 0. The smallest absolute Gasteiger partial charge is 0.103 e. The second-order valence-electron chi connectivity index (χ2n) is 4.16. The van der Waals surface area contributed by atoms with Crippen LogP contribution in [0.3, 0.4) is 0 Å². The minimum Gasteiger partial charge on any atom is -0.346 e. The number of aromatic nitrogens is 3. The van der Waals surface area contributed by atoms with E-state index in [9.17, 15) is 0 Å². The third-order valence-corrected chi connectivity index (χ3v) is 2.89. The number of hydrogen-bond acceptors (Lipinski definition) is 2. The Labute approximate surface area is 88.6 Å². The van der Waals surface area contributed by atoms with Crippen LogP contribution in [0.4, 0.5) is 0 Å². The van der Waals surface area contributed by atoms with E-state index in [2.05, 4.69) is 27.1 Å². The largest absolute Gasteiger partial charge is 0.346 e. The van der Waals surface area contributed by atoms with Crippen LogP contribution in [-0.2, 0) is 12.8 Å². The van der Waals surface area contributed by atoms with Crippen molar-refractivity contribution in [3.63, 3.8) is 0 Å². The molecule has 0 radical (unpaired) electrons. The first kappa shape index (κ1) is 8.65. The molecule has 0 aromatic carbocycles. The Kier molecular flexibility index (Phi) is 1.69. The van der Waals surface area contributed by atoms with Crippen molar-refractivity contribution in [3.05, 3.63) is 46.3 Å². The van der Waals surface area contributed by atoms with Gasteiger partial charge in [0, 0.05) is 24.2 Å². The Morgan fingerprint density at radius 2 is 1.93 bits per heavy atom. The van der Waals surface area contributed by atoms with Crippen LogP contribution < -0.4 is 0 Å². The summed E-state index contributed by atoms with van der Waals surface area (Å²) < 4.78 is 0. The first-order chi connectivity index (χ1) is 7.22. The standard InChI is InChI=1S/C12H13N3/c1-7-3-4-9-5-11-12(6-10(9)13-7)15-8(2)14-11/h3-4H,5-6H2,1-2H3,(H,14,15). The molecule has 1 aliphatic carbocycles. The molecule has 2 aromatic heterocycles. The lowest BCUT2D eigenvalue weighted by Crippen LogP contribution is -2.09. The molecule has 0 aliphatic heterocycles. The minimum absolute atomic E-state index is 0.896. The van der Waals surface area contributed by atoms with Crippen molar-refractivity contribution in [1.29, 1.82) is 0 Å². The molecule has 1 N–H and O–H groups in total. The third-order valence-electron chi connectivity index (χ3n) is 2.89. The maximum Gasteiger partial charge on any atom is 0.103 e. The first-order valence-corrected chi connectivity index (χ1v) is 5.22. The molecule has 0 spiro atoms. The fraction of sp³-hybridized carbons (Fsp3) is 0.333. The molecule has 0 amide bonds. The number of nitrogens with one attached hydrogen (secondary N) is 1. The Balaban J connectivity index is 2.10. The summed E-state index contributed by atoms with van der Waals surface area (Å²) in [5.74, 6) is 1.00. The van der Waals surface area contributed by atoms with E-state index in [0.717, 1.165) is 24.4 Å². The Bertz CT molecular complexity index is 526. The van der Waals surface area contributed by atoms with Crippen molar-refractivity contribution < 1.29 is 0 Å². The summed E-state index contributed by atoms with van der Waals surface area (Å²) in [7, 11) is 0. The maximum absolute atomic E-state index is 4.57. The van der Waals surface area contributed by atoms with E-state index in [1.54, 1.807) is 0 Å². The van der Waals surface area contributed by atoms with Crippen molar-refractivity contribution in [3.8, 4) is 0 Å². The van der Waals surface area contributed by atoms with E-state index in [1.807, 2.05) is 13.8 Å². The number of aryl methyl sites for hydroxylation is 2. The molecular weight excluding hydrogens is 186 g/mol. The van der Waals surface area contributed by atoms with Crippen molar-refractivity contribution in [1.82, 2.24) is 15.0 Å². The zero-order chi connectivity index (χ0) is 10.4. The quantitative estimate of drug-likeness (QED) is 0.601. The lowest BCUT2D eigenvalue weighted by molar-refractivity contribution is 0.893. The van der Waals surface area contributed by atoms with Gasteiger partial charge < -0.3 is 4.98 Å². The molecule has 0 saturated heterocycles. The van der Waals surface area contributed by atoms with Gasteiger partial charge in [-0.15, -0.1) is 0 Å². The number of imidazole rings is 1. The minimum atomic E-state index is 0.896. The molecule has 3 heteroatoms. The molecule has 3 nitrogen and oxygen atoms in total. The lowest BCUT2D eigenvalue weighted by atomic mass is 9.96. The topological polar surface area (TPSA) is 41.6 Å². The van der Waals surface area contributed by atoms with Gasteiger partial charge in [-0.3, -0.25) is 4.98 Å². The van der Waals surface area contributed by atoms with Gasteiger partial charge >= 0.3 is 0 Å². The number of aromatic amines is 1. The van der Waals surface area contributed by atoms with Crippen molar-refractivity contribution >= 4 is 0 Å². The molecular formula is C12H13N3. The summed E-state index contributed by atoms with van der Waals surface area (Å²) in [4.78, 5) is 12.4. The number of hydrogen-bond donors (Lipinski definition) is 1. The van der Waals surface area contributed by atoms with Gasteiger partial charge in [-0.05, 0) is 25.5 Å². The van der Waals surface area contributed by atoms with E-state index in [-0.39, 0.29) is 0 Å². The van der Waals surface area contributed by atoms with Gasteiger partial charge in [0.1, 0.15) is 5.82 Å². The van der Waals surface area contributed by atoms with Gasteiger partial charge in [0.2, 0.25) is 0 Å². The molecule has 3 rings (SSSR count). The fourth-order valence-electron chi connectivity index (χ4n) is 2.18. The van der Waals surface area contributed by atoms with Crippen LogP contribution in [-0.4, -0.2) is 15.0 Å². The summed E-state index contributed by atoms with van der Waals surface area (Å²) in [5, 5.41) is 0. The molecule has 0 fully saturated rings. The van der Waals surface area contributed by atoms with Crippen molar-refractivity contribution in [2.24, 2.45) is 0 Å². The van der Waals surface area contributed by atoms with Gasteiger partial charge in [0.15, 0.2) is 0 Å². The highest BCUT2D eigenvalue weighted by molar-refractivity contribution is 5.37. The van der Waals surface area contributed by atoms with E-state index in [1.165, 1.54) is 22.6 Å². The van der Waals surface area contributed by atoms with Crippen LogP contribution in [0.1, 0.15) is 34.2 Å². The van der Waals surface area contributed by atoms with E-state index in [4.69, 9.17) is 0 Å². The highest BCUT2D eigenvalue weighted by Crippen LogP contribution is 2.24. The van der Waals surface area contributed by atoms with Gasteiger partial charge in [-0.2, -0.15) is 0 Å². The van der Waals surface area contributed by atoms with Gasteiger partial charge in [-0.1, -0.05) is 6.07 Å². The van der Waals surface area contributed by atoms with Crippen molar-refractivity contribution in [2.75, 3.05) is 0 Å². The summed E-state index contributed by atoms with van der Waals surface area (Å²) in [6.07, 6.45) is 1.81. The molecule has 0 bridgehead atoms. The number of nitrogens with zero attached hydrogens (tertiary/aromatic N) is 2. The van der Waals surface area contributed by atoms with Gasteiger partial charge in [-0.25, -0.2) is 4.98 Å².